The molecule has 9 heteroatoms. The van der Waals surface area contributed by atoms with Gasteiger partial charge in [-0.2, -0.15) is 18.3 Å². The predicted molar refractivity (Wildman–Crippen MR) is 57.0 cm³/mol. The molecule has 1 aliphatic rings. The van der Waals surface area contributed by atoms with Gasteiger partial charge in [0.15, 0.2) is 0 Å². The maximum absolute atomic E-state index is 11.8. The van der Waals surface area contributed by atoms with Crippen molar-refractivity contribution in [2.24, 2.45) is 13.0 Å². The summed E-state index contributed by atoms with van der Waals surface area (Å²) in [5, 5.41) is 14.1. The lowest BCUT2D eigenvalue weighted by atomic mass is 10.1. The third kappa shape index (κ3) is 3.97. The summed E-state index contributed by atoms with van der Waals surface area (Å²) < 4.78 is 36.3. The van der Waals surface area contributed by atoms with E-state index in [1.165, 1.54) is 7.05 Å². The molecule has 1 fully saturated rings. The monoisotopic (exact) mass is 279 g/mol. The minimum atomic E-state index is -4.29. The van der Waals surface area contributed by atoms with E-state index in [2.05, 4.69) is 10.4 Å². The summed E-state index contributed by atoms with van der Waals surface area (Å²) >= 11 is 0. The van der Waals surface area contributed by atoms with Gasteiger partial charge < -0.3 is 10.4 Å². The Kier molecular flexibility index (Phi) is 4.52. The molecule has 2 heterocycles. The zero-order chi connectivity index (χ0) is 14.6. The number of nitrogens with one attached hydrogen (secondary N) is 1. The Morgan fingerprint density at radius 1 is 1.58 bits per heavy atom. The zero-order valence-electron chi connectivity index (χ0n) is 9.94. The average Bonchev–Trinajstić information content (AvgIpc) is 2.86. The summed E-state index contributed by atoms with van der Waals surface area (Å²) in [6.07, 6.45) is -2.75. The summed E-state index contributed by atoms with van der Waals surface area (Å²) in [6.45, 7) is 0.496. The lowest BCUT2D eigenvalue weighted by Gasteiger charge is -2.04. The number of hydrogen-bond donors (Lipinski definition) is 2. The number of aromatic nitrogens is 2. The molecule has 19 heavy (non-hydrogen) atoms. The second kappa shape index (κ2) is 5.72. The van der Waals surface area contributed by atoms with Crippen molar-refractivity contribution in [1.82, 2.24) is 15.1 Å². The Hall–Kier alpha value is -2.06. The predicted octanol–water partition coefficient (Wildman–Crippen LogP) is 0.646. The third-order valence-electron chi connectivity index (χ3n) is 2.46. The minimum Gasteiger partial charge on any atom is -0.481 e. The molecule has 2 rings (SSSR count). The van der Waals surface area contributed by atoms with Crippen LogP contribution in [0.3, 0.4) is 0 Å². The van der Waals surface area contributed by atoms with E-state index in [-0.39, 0.29) is 5.91 Å². The van der Waals surface area contributed by atoms with Crippen LogP contribution in [0, 0.1) is 5.92 Å². The number of halogens is 3. The van der Waals surface area contributed by atoms with Crippen molar-refractivity contribution in [2.45, 2.75) is 12.6 Å². The number of carbonyl (C=O) groups is 2. The van der Waals surface area contributed by atoms with Gasteiger partial charge in [0.05, 0.1) is 0 Å². The first kappa shape index (κ1) is 15.0. The van der Waals surface area contributed by atoms with Crippen LogP contribution in [0.2, 0.25) is 0 Å². The van der Waals surface area contributed by atoms with Crippen molar-refractivity contribution in [2.75, 3.05) is 6.54 Å². The van der Waals surface area contributed by atoms with Gasteiger partial charge in [-0.05, 0) is 12.5 Å². The summed E-state index contributed by atoms with van der Waals surface area (Å²) in [5.41, 5.74) is -0.729. The molecule has 1 aromatic rings. The van der Waals surface area contributed by atoms with E-state index in [4.69, 9.17) is 5.11 Å². The van der Waals surface area contributed by atoms with Gasteiger partial charge in [0.1, 0.15) is 11.6 Å². The highest BCUT2D eigenvalue weighted by Gasteiger charge is 2.33. The van der Waals surface area contributed by atoms with E-state index in [0.717, 1.165) is 16.9 Å². The highest BCUT2D eigenvalue weighted by Crippen LogP contribution is 2.27. The van der Waals surface area contributed by atoms with Gasteiger partial charge in [-0.15, -0.1) is 0 Å². The van der Waals surface area contributed by atoms with Crippen LogP contribution in [0.15, 0.2) is 12.3 Å². The molecule has 0 saturated carbocycles. The standard InChI is InChI=1S/C5H5F3N2.C5H7NO3/c1-10-4(2-3-9-10)5(6,7)8;7-4-3(5(8)9)1-2-6-4/h2-3H,1H3;3H,1-2H2,(H,6,7)(H,8,9). The van der Waals surface area contributed by atoms with Crippen molar-refractivity contribution >= 4 is 11.9 Å². The van der Waals surface area contributed by atoms with Gasteiger partial charge >= 0.3 is 12.1 Å². The Bertz CT molecular complexity index is 470. The molecule has 1 aliphatic heterocycles. The molecule has 0 aliphatic carbocycles. The fourth-order valence-electron chi connectivity index (χ4n) is 1.48. The van der Waals surface area contributed by atoms with Gasteiger partial charge in [-0.3, -0.25) is 14.3 Å². The fraction of sp³-hybridized carbons (Fsp3) is 0.500. The number of aliphatic carboxylic acids is 1. The number of nitrogens with zero attached hydrogens (tertiary/aromatic N) is 2. The van der Waals surface area contributed by atoms with Crippen LogP contribution in [-0.2, 0) is 22.8 Å². The maximum atomic E-state index is 11.8. The molecule has 2 N–H and O–H groups in total. The second-order valence-corrected chi connectivity index (χ2v) is 3.81. The Balaban J connectivity index is 0.000000191. The van der Waals surface area contributed by atoms with E-state index in [1.807, 2.05) is 0 Å². The second-order valence-electron chi connectivity index (χ2n) is 3.81. The van der Waals surface area contributed by atoms with E-state index in [0.29, 0.717) is 13.0 Å². The van der Waals surface area contributed by atoms with Crippen LogP contribution in [0.4, 0.5) is 13.2 Å². The van der Waals surface area contributed by atoms with E-state index in [1.54, 1.807) is 0 Å². The summed E-state index contributed by atoms with van der Waals surface area (Å²) in [7, 11) is 1.25. The van der Waals surface area contributed by atoms with Crippen LogP contribution in [0.25, 0.3) is 0 Å². The van der Waals surface area contributed by atoms with Crippen molar-refractivity contribution < 1.29 is 27.9 Å². The van der Waals surface area contributed by atoms with Gasteiger partial charge in [-0.1, -0.05) is 0 Å². The van der Waals surface area contributed by atoms with Crippen molar-refractivity contribution in [3.05, 3.63) is 18.0 Å². The average molecular weight is 279 g/mol. The molecule has 0 radical (unpaired) electrons. The largest absolute Gasteiger partial charge is 0.481 e. The van der Waals surface area contributed by atoms with Crippen molar-refractivity contribution in [3.63, 3.8) is 0 Å². The van der Waals surface area contributed by atoms with Gasteiger partial charge in [0.25, 0.3) is 0 Å². The Labute approximate surface area is 106 Å². The number of carboxylic acid groups (broad SMARTS) is 1. The third-order valence-corrected chi connectivity index (χ3v) is 2.46. The lowest BCUT2D eigenvalue weighted by molar-refractivity contribution is -0.145. The molecular weight excluding hydrogens is 267 g/mol. The number of hydrogen-bond acceptors (Lipinski definition) is 3. The normalized spacial score (nSPS) is 18.5. The van der Waals surface area contributed by atoms with Crippen LogP contribution in [0.1, 0.15) is 12.1 Å². The summed E-state index contributed by atoms with van der Waals surface area (Å²) in [6, 6.07) is 0.931. The molecule has 0 aromatic carbocycles. The highest BCUT2D eigenvalue weighted by molar-refractivity contribution is 5.98. The fourth-order valence-corrected chi connectivity index (χ4v) is 1.48. The Morgan fingerprint density at radius 2 is 2.21 bits per heavy atom. The van der Waals surface area contributed by atoms with Gasteiger partial charge in [0, 0.05) is 19.8 Å². The highest BCUT2D eigenvalue weighted by atomic mass is 19.4. The smallest absolute Gasteiger partial charge is 0.433 e. The SMILES string of the molecule is Cn1nccc1C(F)(F)F.O=C(O)C1CCNC1=O. The molecule has 1 amide bonds. The molecule has 1 unspecified atom stereocenters. The van der Waals surface area contributed by atoms with Crippen molar-refractivity contribution in [3.8, 4) is 0 Å². The minimum absolute atomic E-state index is 0.359. The maximum Gasteiger partial charge on any atom is 0.433 e. The number of aryl methyl sites for hydroxylation is 1. The molecule has 1 atom stereocenters. The molecule has 1 saturated heterocycles. The molecule has 106 valence electrons. The lowest BCUT2D eigenvalue weighted by Crippen LogP contribution is -2.24. The van der Waals surface area contributed by atoms with Gasteiger partial charge in [0.2, 0.25) is 5.91 Å². The number of alkyl halides is 3. The topological polar surface area (TPSA) is 84.2 Å². The van der Waals surface area contributed by atoms with Crippen LogP contribution in [0.5, 0.6) is 0 Å². The summed E-state index contributed by atoms with van der Waals surface area (Å²) in [4.78, 5) is 20.7. The quantitative estimate of drug-likeness (QED) is 0.739. The number of carboxylic acids is 1. The van der Waals surface area contributed by atoms with Gasteiger partial charge in [-0.25, -0.2) is 0 Å². The first-order chi connectivity index (χ1) is 8.73. The van der Waals surface area contributed by atoms with E-state index < -0.39 is 23.8 Å². The number of carbonyl (C=O) groups excluding carboxylic acids is 1. The first-order valence-electron chi connectivity index (χ1n) is 5.29. The van der Waals surface area contributed by atoms with Crippen LogP contribution >= 0.6 is 0 Å². The molecule has 1 aromatic heterocycles. The molecular formula is C10H12F3N3O3. The molecule has 0 spiro atoms. The van der Waals surface area contributed by atoms with E-state index >= 15 is 0 Å². The van der Waals surface area contributed by atoms with Crippen LogP contribution < -0.4 is 5.32 Å². The summed E-state index contributed by atoms with van der Waals surface area (Å²) in [5.74, 6) is -2.18. The first-order valence-corrected chi connectivity index (χ1v) is 5.29. The van der Waals surface area contributed by atoms with E-state index in [9.17, 15) is 22.8 Å². The number of rotatable bonds is 1. The Morgan fingerprint density at radius 3 is 2.42 bits per heavy atom. The number of amides is 1. The van der Waals surface area contributed by atoms with Crippen molar-refractivity contribution in [1.29, 1.82) is 0 Å². The molecule has 0 bridgehead atoms. The molecule has 6 nitrogen and oxygen atoms in total. The zero-order valence-corrected chi connectivity index (χ0v) is 9.94. The van der Waals surface area contributed by atoms with Crippen LogP contribution in [-0.4, -0.2) is 33.3 Å².